The maximum atomic E-state index is 14.9. The van der Waals surface area contributed by atoms with Crippen molar-refractivity contribution in [2.45, 2.75) is 38.1 Å². The maximum Gasteiger partial charge on any atom is 0.166 e. The predicted molar refractivity (Wildman–Crippen MR) is 123 cm³/mol. The van der Waals surface area contributed by atoms with E-state index in [2.05, 4.69) is 0 Å². The average molecular weight is 484 g/mol. The number of benzene rings is 3. The molecule has 5 rings (SSSR count). The van der Waals surface area contributed by atoms with Crippen molar-refractivity contribution < 1.29 is 37.9 Å². The van der Waals surface area contributed by atoms with Crippen LogP contribution in [0.1, 0.15) is 42.1 Å². The second-order valence-electron chi connectivity index (χ2n) is 8.90. The Kier molecular flexibility index (Phi) is 6.25. The number of fused-ring (bicyclic) bond motifs is 2. The lowest BCUT2D eigenvalue weighted by molar-refractivity contribution is -0.114. The predicted octanol–water partition coefficient (Wildman–Crippen LogP) is 5.61. The molecule has 8 heteroatoms. The van der Waals surface area contributed by atoms with Crippen molar-refractivity contribution in [1.29, 1.82) is 0 Å². The van der Waals surface area contributed by atoms with Crippen molar-refractivity contribution in [3.63, 3.8) is 0 Å². The van der Waals surface area contributed by atoms with E-state index in [1.54, 1.807) is 6.07 Å². The van der Waals surface area contributed by atoms with Crippen molar-refractivity contribution in [3.8, 4) is 28.7 Å². The Balaban J connectivity index is 1.37. The number of ether oxygens (including phenoxy) is 4. The number of aromatic hydroxyl groups is 1. The van der Waals surface area contributed by atoms with Crippen LogP contribution in [0.2, 0.25) is 0 Å². The van der Waals surface area contributed by atoms with Crippen LogP contribution in [0.5, 0.6) is 28.7 Å². The molecule has 1 aliphatic carbocycles. The quantitative estimate of drug-likeness (QED) is 0.425. The van der Waals surface area contributed by atoms with Gasteiger partial charge < -0.3 is 29.2 Å². The molecule has 1 aliphatic heterocycles. The third-order valence-corrected chi connectivity index (χ3v) is 6.78. The first-order valence-corrected chi connectivity index (χ1v) is 11.5. The third-order valence-electron chi connectivity index (χ3n) is 6.78. The van der Waals surface area contributed by atoms with Crippen molar-refractivity contribution in [2.24, 2.45) is 5.92 Å². The van der Waals surface area contributed by atoms with Gasteiger partial charge in [-0.3, -0.25) is 0 Å². The molecular formula is C27H26F2O6. The average Bonchev–Trinajstić information content (AvgIpc) is 3.47. The van der Waals surface area contributed by atoms with Gasteiger partial charge in [-0.1, -0.05) is 13.0 Å². The maximum absolute atomic E-state index is 14.9. The monoisotopic (exact) mass is 484 g/mol. The summed E-state index contributed by atoms with van der Waals surface area (Å²) < 4.78 is 51.7. The van der Waals surface area contributed by atoms with Gasteiger partial charge in [-0.2, -0.15) is 0 Å². The van der Waals surface area contributed by atoms with Gasteiger partial charge in [-0.15, -0.1) is 0 Å². The van der Waals surface area contributed by atoms with Gasteiger partial charge in [0.1, 0.15) is 34.9 Å². The fourth-order valence-electron chi connectivity index (χ4n) is 4.85. The van der Waals surface area contributed by atoms with E-state index in [9.17, 15) is 19.0 Å². The Morgan fingerprint density at radius 2 is 1.83 bits per heavy atom. The molecule has 0 bridgehead atoms. The number of aliphatic hydroxyl groups is 1. The summed E-state index contributed by atoms with van der Waals surface area (Å²) in [5.74, 6) is 0.0266. The van der Waals surface area contributed by atoms with Crippen LogP contribution in [0.15, 0.2) is 48.5 Å². The summed E-state index contributed by atoms with van der Waals surface area (Å²) in [5.41, 5.74) is 1.94. The number of halogens is 2. The molecule has 0 spiro atoms. The number of methoxy groups -OCH3 is 1. The smallest absolute Gasteiger partial charge is 0.166 e. The van der Waals surface area contributed by atoms with Crippen LogP contribution in [0.25, 0.3) is 0 Å². The topological polar surface area (TPSA) is 77.4 Å². The Hall–Kier alpha value is -3.36. The van der Waals surface area contributed by atoms with E-state index in [-0.39, 0.29) is 23.3 Å². The van der Waals surface area contributed by atoms with E-state index in [1.807, 2.05) is 19.1 Å². The van der Waals surface area contributed by atoms with Gasteiger partial charge in [0.15, 0.2) is 17.9 Å². The van der Waals surface area contributed by atoms with Crippen LogP contribution in [-0.2, 0) is 11.2 Å². The summed E-state index contributed by atoms with van der Waals surface area (Å²) in [6.45, 7) is 2.33. The van der Waals surface area contributed by atoms with Crippen molar-refractivity contribution in [3.05, 3.63) is 76.9 Å². The molecule has 0 saturated heterocycles. The minimum atomic E-state index is -0.895. The fraction of sp³-hybridized carbons (Fsp3) is 0.333. The first-order valence-electron chi connectivity index (χ1n) is 11.5. The zero-order valence-corrected chi connectivity index (χ0v) is 19.3. The van der Waals surface area contributed by atoms with Gasteiger partial charge in [0.25, 0.3) is 0 Å². The fourth-order valence-corrected chi connectivity index (χ4v) is 4.85. The zero-order chi connectivity index (χ0) is 24.7. The zero-order valence-electron chi connectivity index (χ0n) is 19.3. The summed E-state index contributed by atoms with van der Waals surface area (Å²) in [6.07, 6.45) is -0.434. The molecule has 0 amide bonds. The number of hydrogen-bond donors (Lipinski definition) is 2. The van der Waals surface area contributed by atoms with Gasteiger partial charge in [0.2, 0.25) is 0 Å². The number of hydrogen-bond acceptors (Lipinski definition) is 6. The first-order chi connectivity index (χ1) is 16.9. The molecule has 0 fully saturated rings. The van der Waals surface area contributed by atoms with Gasteiger partial charge >= 0.3 is 0 Å². The molecule has 3 aromatic rings. The van der Waals surface area contributed by atoms with E-state index in [1.165, 1.54) is 31.4 Å². The van der Waals surface area contributed by atoms with Crippen LogP contribution in [-0.4, -0.2) is 30.2 Å². The van der Waals surface area contributed by atoms with Gasteiger partial charge in [-0.05, 0) is 43.2 Å². The molecule has 4 atom stereocenters. The summed E-state index contributed by atoms with van der Waals surface area (Å²) in [5, 5.41) is 19.7. The van der Waals surface area contributed by atoms with Crippen LogP contribution >= 0.6 is 0 Å². The highest BCUT2D eigenvalue weighted by atomic mass is 19.1. The van der Waals surface area contributed by atoms with Crippen molar-refractivity contribution in [2.75, 3.05) is 13.7 Å². The Morgan fingerprint density at radius 3 is 2.63 bits per heavy atom. The van der Waals surface area contributed by atoms with Gasteiger partial charge in [-0.25, -0.2) is 8.78 Å². The number of aliphatic hydroxyl groups excluding tert-OH is 1. The molecule has 0 radical (unpaired) electrons. The first kappa shape index (κ1) is 23.4. The lowest BCUT2D eigenvalue weighted by atomic mass is 9.88. The summed E-state index contributed by atoms with van der Waals surface area (Å²) >= 11 is 0. The van der Waals surface area contributed by atoms with E-state index < -0.39 is 24.0 Å². The van der Waals surface area contributed by atoms with Crippen molar-refractivity contribution in [1.82, 2.24) is 0 Å². The molecule has 2 N–H and O–H groups in total. The molecular weight excluding hydrogens is 458 g/mol. The highest BCUT2D eigenvalue weighted by molar-refractivity contribution is 5.50. The van der Waals surface area contributed by atoms with Crippen LogP contribution < -0.4 is 14.2 Å². The Morgan fingerprint density at radius 1 is 1.03 bits per heavy atom. The lowest BCUT2D eigenvalue weighted by Crippen LogP contribution is -2.26. The molecule has 1 heterocycles. The summed E-state index contributed by atoms with van der Waals surface area (Å²) in [6, 6.07) is 11.7. The Bertz CT molecular complexity index is 1250. The molecule has 2 aliphatic rings. The van der Waals surface area contributed by atoms with Crippen molar-refractivity contribution >= 4 is 0 Å². The second kappa shape index (κ2) is 9.36. The molecule has 4 unspecified atom stereocenters. The van der Waals surface area contributed by atoms with Gasteiger partial charge in [0, 0.05) is 47.8 Å². The highest BCUT2D eigenvalue weighted by Gasteiger charge is 2.34. The third kappa shape index (κ3) is 4.39. The standard InChI is InChI=1S/C27H26F2O6/c1-14(27(31)32-2)19-13-33-24-12-16(4-5-17(19)24)34-23-9-6-18-22(10-8-21(29)26(18)23)35-25-11-15(30)3-7-20(25)28/h3-5,7-8,10-12,14,19,23,27,30-31H,6,9,13H2,1-2H3. The summed E-state index contributed by atoms with van der Waals surface area (Å²) in [4.78, 5) is 0. The number of phenols is 1. The van der Waals surface area contributed by atoms with E-state index in [4.69, 9.17) is 18.9 Å². The van der Waals surface area contributed by atoms with Crippen LogP contribution in [0.3, 0.4) is 0 Å². The molecule has 0 aromatic heterocycles. The molecule has 35 heavy (non-hydrogen) atoms. The van der Waals surface area contributed by atoms with Crippen LogP contribution in [0.4, 0.5) is 8.78 Å². The highest BCUT2D eigenvalue weighted by Crippen LogP contribution is 2.45. The van der Waals surface area contributed by atoms with E-state index in [0.29, 0.717) is 47.8 Å². The van der Waals surface area contributed by atoms with E-state index in [0.717, 1.165) is 11.6 Å². The minimum absolute atomic E-state index is 0.0174. The van der Waals surface area contributed by atoms with Crippen LogP contribution in [0, 0.1) is 17.6 Å². The molecule has 3 aromatic carbocycles. The molecule has 184 valence electrons. The minimum Gasteiger partial charge on any atom is -0.508 e. The second-order valence-corrected chi connectivity index (χ2v) is 8.90. The SMILES string of the molecule is COC(O)C(C)C1COc2cc(OC3CCc4c(Oc5cc(O)ccc5F)ccc(F)c43)ccc21. The number of rotatable bonds is 7. The molecule has 6 nitrogen and oxygen atoms in total. The van der Waals surface area contributed by atoms with Gasteiger partial charge in [0.05, 0.1) is 6.61 Å². The summed E-state index contributed by atoms with van der Waals surface area (Å²) in [7, 11) is 1.46. The lowest BCUT2D eigenvalue weighted by Gasteiger charge is -2.22. The normalized spacial score (nSPS) is 20.0. The largest absolute Gasteiger partial charge is 0.508 e. The number of phenolic OH excluding ortho intramolecular Hbond substituents is 1. The Labute approximate surface area is 201 Å². The molecule has 0 saturated carbocycles. The van der Waals surface area contributed by atoms with E-state index >= 15 is 0 Å².